The number of halogens is 1. The number of benzene rings is 2. The summed E-state index contributed by atoms with van der Waals surface area (Å²) in [5, 5.41) is 32.3. The molecule has 0 amide bonds. The predicted molar refractivity (Wildman–Crippen MR) is 98.8 cm³/mol. The Hall–Kier alpha value is -2.74. The van der Waals surface area contributed by atoms with E-state index in [-0.39, 0.29) is 52.0 Å². The van der Waals surface area contributed by atoms with Crippen LogP contribution in [0.15, 0.2) is 24.3 Å². The topological polar surface area (TPSA) is 124 Å². The Labute approximate surface area is 164 Å². The van der Waals surface area contributed by atoms with Crippen LogP contribution in [0.3, 0.4) is 0 Å². The lowest BCUT2D eigenvalue weighted by atomic mass is 9.71. The largest absolute Gasteiger partial charge is 0.507 e. The first-order valence-corrected chi connectivity index (χ1v) is 8.97. The van der Waals surface area contributed by atoms with Crippen molar-refractivity contribution >= 4 is 29.1 Å². The summed E-state index contributed by atoms with van der Waals surface area (Å²) in [4.78, 5) is 40.4. The number of phenols is 2. The molecule has 4 N–H and O–H groups in total. The van der Waals surface area contributed by atoms with Gasteiger partial charge < -0.3 is 15.3 Å². The van der Waals surface area contributed by atoms with E-state index >= 15 is 0 Å². The predicted octanol–water partition coefficient (Wildman–Crippen LogP) is 1.92. The van der Waals surface area contributed by atoms with Crippen molar-refractivity contribution in [3.05, 3.63) is 57.6 Å². The molecule has 0 aliphatic heterocycles. The molecular formula is C20H16ClNO6. The molecule has 0 heterocycles. The van der Waals surface area contributed by atoms with Crippen LogP contribution in [0.25, 0.3) is 0 Å². The lowest BCUT2D eigenvalue weighted by Gasteiger charge is -2.38. The number of rotatable bonds is 2. The zero-order valence-corrected chi connectivity index (χ0v) is 15.5. The summed E-state index contributed by atoms with van der Waals surface area (Å²) < 4.78 is 0. The van der Waals surface area contributed by atoms with Crippen molar-refractivity contribution in [3.63, 3.8) is 0 Å². The fourth-order valence-electron chi connectivity index (χ4n) is 4.13. The van der Waals surface area contributed by atoms with E-state index in [9.17, 15) is 29.7 Å². The molecule has 2 aromatic rings. The third kappa shape index (κ3) is 2.27. The van der Waals surface area contributed by atoms with Crippen molar-refractivity contribution in [1.29, 1.82) is 0 Å². The average molecular weight is 402 g/mol. The number of hydrogen-bond acceptors (Lipinski definition) is 7. The molecule has 2 atom stereocenters. The molecule has 0 aromatic heterocycles. The lowest BCUT2D eigenvalue weighted by molar-refractivity contribution is -0.124. The second-order valence-electron chi connectivity index (χ2n) is 7.17. The molecule has 7 nitrogen and oxygen atoms in total. The number of Topliss-reactive ketones (excluding diaryl/α,β-unsaturated/α-hetero) is 1. The number of aromatic hydroxyl groups is 2. The van der Waals surface area contributed by atoms with E-state index in [0.29, 0.717) is 0 Å². The maximum atomic E-state index is 13.0. The summed E-state index contributed by atoms with van der Waals surface area (Å²) in [5.74, 6) is -2.71. The van der Waals surface area contributed by atoms with Crippen molar-refractivity contribution in [1.82, 2.24) is 4.84 Å². The fraction of sp³-hybridized carbons (Fsp3) is 0.250. The van der Waals surface area contributed by atoms with E-state index in [4.69, 9.17) is 11.8 Å². The highest BCUT2D eigenvalue weighted by atomic mass is 35.5. The third-order valence-electron chi connectivity index (χ3n) is 5.67. The number of carbonyl (C=O) groups is 3. The molecule has 0 saturated heterocycles. The quantitative estimate of drug-likeness (QED) is 0.382. The smallest absolute Gasteiger partial charge is 0.198 e. The average Bonchev–Trinajstić information content (AvgIpc) is 2.68. The van der Waals surface area contributed by atoms with E-state index in [1.165, 1.54) is 19.1 Å². The number of fused-ring (bicyclic) bond motifs is 3. The Morgan fingerprint density at radius 3 is 2.14 bits per heavy atom. The minimum Gasteiger partial charge on any atom is -0.507 e. The minimum atomic E-state index is -1.38. The Morgan fingerprint density at radius 1 is 1.11 bits per heavy atom. The second-order valence-corrected chi connectivity index (χ2v) is 7.36. The molecule has 0 bridgehead atoms. The second kappa shape index (κ2) is 6.13. The van der Waals surface area contributed by atoms with Crippen LogP contribution in [0.5, 0.6) is 11.5 Å². The molecular weight excluding hydrogens is 386 g/mol. The molecule has 28 heavy (non-hydrogen) atoms. The number of phenolic OH excluding ortho intramolecular Hbond substituents is 2. The molecule has 144 valence electrons. The lowest BCUT2D eigenvalue weighted by Crippen LogP contribution is -2.52. The maximum absolute atomic E-state index is 13.0. The van der Waals surface area contributed by atoms with E-state index in [1.807, 2.05) is 0 Å². The van der Waals surface area contributed by atoms with Gasteiger partial charge in [-0.2, -0.15) is 0 Å². The van der Waals surface area contributed by atoms with Crippen LogP contribution in [0.1, 0.15) is 62.4 Å². The molecule has 0 fully saturated rings. The van der Waals surface area contributed by atoms with Gasteiger partial charge in [0.1, 0.15) is 11.5 Å². The van der Waals surface area contributed by atoms with Gasteiger partial charge in [0, 0.05) is 35.1 Å². The summed E-state index contributed by atoms with van der Waals surface area (Å²) in [6, 6.07) is 6.10. The highest BCUT2D eigenvalue weighted by molar-refractivity contribution is 6.30. The first-order chi connectivity index (χ1) is 13.2. The molecule has 4 rings (SSSR count). The van der Waals surface area contributed by atoms with Crippen LogP contribution in [0, 0.1) is 0 Å². The SMILES string of the molecule is CC(=O)[C@]1(NCl)Cc2c(O)c3c(c(O)c2[C@@H](O)C1)C(=O)c1ccccc1C3=O. The summed E-state index contributed by atoms with van der Waals surface area (Å²) in [6.45, 7) is 1.29. The van der Waals surface area contributed by atoms with Gasteiger partial charge in [0.25, 0.3) is 0 Å². The van der Waals surface area contributed by atoms with Gasteiger partial charge >= 0.3 is 0 Å². The Bertz CT molecular complexity index is 1080. The van der Waals surface area contributed by atoms with Gasteiger partial charge in [0.2, 0.25) is 0 Å². The Morgan fingerprint density at radius 2 is 1.64 bits per heavy atom. The van der Waals surface area contributed by atoms with Gasteiger partial charge in [0.15, 0.2) is 17.3 Å². The van der Waals surface area contributed by atoms with Crippen LogP contribution in [0.2, 0.25) is 0 Å². The molecule has 2 aliphatic carbocycles. The summed E-state index contributed by atoms with van der Waals surface area (Å²) >= 11 is 5.77. The molecule has 8 heteroatoms. The first-order valence-electron chi connectivity index (χ1n) is 8.59. The molecule has 0 radical (unpaired) electrons. The van der Waals surface area contributed by atoms with Gasteiger partial charge in [-0.15, -0.1) is 0 Å². The molecule has 0 saturated carbocycles. The van der Waals surface area contributed by atoms with Gasteiger partial charge in [-0.25, -0.2) is 4.84 Å². The normalized spacial score (nSPS) is 23.0. The molecule has 0 spiro atoms. The van der Waals surface area contributed by atoms with E-state index in [2.05, 4.69) is 4.84 Å². The van der Waals surface area contributed by atoms with Gasteiger partial charge in [0.05, 0.1) is 22.8 Å². The standard InChI is InChI=1S/C20H16ClNO6/c1-8(23)20(22-21)6-11-13(12(24)7-20)19(28)15-14(18(11)27)16(25)9-4-2-3-5-10(9)17(15)26/h2-5,12,22,24,27-28H,6-7H2,1H3/t12-,20-/m0/s1. The number of nitrogens with one attached hydrogen (secondary N) is 1. The number of carbonyl (C=O) groups excluding carboxylic acids is 3. The summed E-state index contributed by atoms with van der Waals surface area (Å²) in [6.07, 6.45) is -1.70. The summed E-state index contributed by atoms with van der Waals surface area (Å²) in [5.41, 5.74) is -1.89. The molecule has 2 aliphatic rings. The van der Waals surface area contributed by atoms with Crippen LogP contribution in [0.4, 0.5) is 0 Å². The molecule has 2 aromatic carbocycles. The molecule has 0 unspecified atom stereocenters. The highest BCUT2D eigenvalue weighted by Gasteiger charge is 2.47. The minimum absolute atomic E-state index is 0.0129. The highest BCUT2D eigenvalue weighted by Crippen LogP contribution is 2.50. The number of aliphatic hydroxyl groups excluding tert-OH is 1. The zero-order valence-electron chi connectivity index (χ0n) is 14.7. The van der Waals surface area contributed by atoms with Crippen LogP contribution < -0.4 is 4.84 Å². The number of ketones is 3. The first kappa shape index (κ1) is 18.6. The number of aliphatic hydroxyl groups is 1. The maximum Gasteiger partial charge on any atom is 0.198 e. The number of hydrogen-bond donors (Lipinski definition) is 4. The van der Waals surface area contributed by atoms with E-state index < -0.39 is 34.7 Å². The van der Waals surface area contributed by atoms with E-state index in [1.54, 1.807) is 12.1 Å². The van der Waals surface area contributed by atoms with Gasteiger partial charge in [-0.3, -0.25) is 14.4 Å². The van der Waals surface area contributed by atoms with Crippen molar-refractivity contribution in [2.45, 2.75) is 31.4 Å². The summed E-state index contributed by atoms with van der Waals surface area (Å²) in [7, 11) is 0. The third-order valence-corrected chi connectivity index (χ3v) is 6.03. The van der Waals surface area contributed by atoms with Crippen LogP contribution in [-0.2, 0) is 11.2 Å². The van der Waals surface area contributed by atoms with Gasteiger partial charge in [-0.05, 0) is 18.7 Å². The monoisotopic (exact) mass is 401 g/mol. The van der Waals surface area contributed by atoms with Crippen molar-refractivity contribution in [2.75, 3.05) is 0 Å². The van der Waals surface area contributed by atoms with Crippen LogP contribution >= 0.6 is 11.8 Å². The van der Waals surface area contributed by atoms with Gasteiger partial charge in [-0.1, -0.05) is 24.3 Å². The Balaban J connectivity index is 2.03. The fourth-order valence-corrected chi connectivity index (χ4v) is 4.41. The Kier molecular flexibility index (Phi) is 4.08. The zero-order chi connectivity index (χ0) is 20.4. The van der Waals surface area contributed by atoms with E-state index in [0.717, 1.165) is 0 Å². The van der Waals surface area contributed by atoms with Crippen molar-refractivity contribution < 1.29 is 29.7 Å². The van der Waals surface area contributed by atoms with Crippen LogP contribution in [-0.4, -0.2) is 38.2 Å². The van der Waals surface area contributed by atoms with Crippen molar-refractivity contribution in [2.24, 2.45) is 0 Å². The van der Waals surface area contributed by atoms with Crippen molar-refractivity contribution in [3.8, 4) is 11.5 Å².